The quantitative estimate of drug-likeness (QED) is 0.473. The Morgan fingerprint density at radius 1 is 1.19 bits per heavy atom. The van der Waals surface area contributed by atoms with Crippen molar-refractivity contribution in [1.29, 1.82) is 0 Å². The van der Waals surface area contributed by atoms with Gasteiger partial charge in [0.15, 0.2) is 0 Å². The van der Waals surface area contributed by atoms with E-state index in [2.05, 4.69) is 36.0 Å². The van der Waals surface area contributed by atoms with Crippen molar-refractivity contribution in [2.24, 2.45) is 0 Å². The summed E-state index contributed by atoms with van der Waals surface area (Å²) in [6.45, 7) is 3.97. The zero-order valence-corrected chi connectivity index (χ0v) is 16.5. The first-order valence-corrected chi connectivity index (χ1v) is 8.64. The first-order valence-electron chi connectivity index (χ1n) is 7.84. The van der Waals surface area contributed by atoms with Crippen LogP contribution in [0, 0.1) is 0 Å². The molecule has 0 amide bonds. The maximum absolute atomic E-state index is 5.73. The number of aromatic nitrogens is 4. The molecular formula is C18H16BrClN4O2. The minimum absolute atomic E-state index is 0. The molecule has 0 atom stereocenters. The summed E-state index contributed by atoms with van der Waals surface area (Å²) < 4.78 is 12.0. The Bertz CT molecular complexity index is 1040. The molecule has 1 N–H and O–H groups in total. The smallest absolute Gasteiger partial charge is 0.258 e. The summed E-state index contributed by atoms with van der Waals surface area (Å²) in [5, 5.41) is 5.07. The van der Waals surface area contributed by atoms with Gasteiger partial charge >= 0.3 is 0 Å². The van der Waals surface area contributed by atoms with Crippen molar-refractivity contribution in [3.8, 4) is 28.6 Å². The summed E-state index contributed by atoms with van der Waals surface area (Å²) >= 11 is 3.52. The SMILES string of the molecule is CC(C)Oc1ccc(-c2nc(-c3ccnc4[nH]ccc34)no2)cc1Br.Cl. The summed E-state index contributed by atoms with van der Waals surface area (Å²) in [5.74, 6) is 1.76. The standard InChI is InChI=1S/C18H15BrN4O2.ClH/c1-10(2)24-15-4-3-11(9-14(15)19)18-22-17(23-25-18)13-6-8-21-16-12(13)5-7-20-16;/h3-10H,1-2H3,(H,20,21);1H. The van der Waals surface area contributed by atoms with E-state index in [1.54, 1.807) is 6.20 Å². The van der Waals surface area contributed by atoms with Gasteiger partial charge in [0.2, 0.25) is 5.82 Å². The van der Waals surface area contributed by atoms with Crippen LogP contribution >= 0.6 is 28.3 Å². The Kier molecular flexibility index (Phi) is 5.29. The number of hydrogen-bond acceptors (Lipinski definition) is 5. The highest BCUT2D eigenvalue weighted by atomic mass is 79.9. The van der Waals surface area contributed by atoms with E-state index in [4.69, 9.17) is 9.26 Å². The second kappa shape index (κ2) is 7.47. The van der Waals surface area contributed by atoms with Gasteiger partial charge in [-0.05, 0) is 60.1 Å². The second-order valence-corrected chi connectivity index (χ2v) is 6.69. The maximum Gasteiger partial charge on any atom is 0.258 e. The third-order valence-corrected chi connectivity index (χ3v) is 4.29. The van der Waals surface area contributed by atoms with Crippen LogP contribution in [0.3, 0.4) is 0 Å². The van der Waals surface area contributed by atoms with Crippen molar-refractivity contribution in [3.63, 3.8) is 0 Å². The normalized spacial score (nSPS) is 10.9. The van der Waals surface area contributed by atoms with Gasteiger partial charge in [0.05, 0.1) is 10.6 Å². The molecule has 0 radical (unpaired) electrons. The third kappa shape index (κ3) is 3.45. The van der Waals surface area contributed by atoms with Crippen LogP contribution in [-0.2, 0) is 0 Å². The van der Waals surface area contributed by atoms with Crippen LogP contribution < -0.4 is 4.74 Å². The lowest BCUT2D eigenvalue weighted by Gasteiger charge is -2.11. The van der Waals surface area contributed by atoms with E-state index < -0.39 is 0 Å². The summed E-state index contributed by atoms with van der Waals surface area (Å²) in [6.07, 6.45) is 3.67. The van der Waals surface area contributed by atoms with Crippen LogP contribution in [0.15, 0.2) is 51.7 Å². The maximum atomic E-state index is 5.73. The summed E-state index contributed by atoms with van der Waals surface area (Å²) in [4.78, 5) is 11.9. The molecule has 4 rings (SSSR count). The molecule has 0 spiro atoms. The molecule has 3 aromatic heterocycles. The molecular weight excluding hydrogens is 420 g/mol. The van der Waals surface area contributed by atoms with E-state index in [1.165, 1.54) is 0 Å². The van der Waals surface area contributed by atoms with Gasteiger partial charge in [0.25, 0.3) is 5.89 Å². The van der Waals surface area contributed by atoms with Crippen LogP contribution in [0.1, 0.15) is 13.8 Å². The van der Waals surface area contributed by atoms with Gasteiger partial charge in [-0.2, -0.15) is 4.98 Å². The molecule has 0 unspecified atom stereocenters. The van der Waals surface area contributed by atoms with E-state index in [9.17, 15) is 0 Å². The average Bonchev–Trinajstić information content (AvgIpc) is 3.24. The molecule has 0 aliphatic heterocycles. The predicted molar refractivity (Wildman–Crippen MR) is 106 cm³/mol. The fraction of sp³-hybridized carbons (Fsp3) is 0.167. The van der Waals surface area contributed by atoms with E-state index >= 15 is 0 Å². The van der Waals surface area contributed by atoms with E-state index in [0.29, 0.717) is 11.7 Å². The van der Waals surface area contributed by atoms with Crippen LogP contribution in [-0.4, -0.2) is 26.2 Å². The predicted octanol–water partition coefficient (Wildman–Crippen LogP) is 5.25. The Hall–Kier alpha value is -2.38. The minimum atomic E-state index is 0. The minimum Gasteiger partial charge on any atom is -0.490 e. The van der Waals surface area contributed by atoms with Crippen molar-refractivity contribution < 1.29 is 9.26 Å². The number of benzene rings is 1. The highest BCUT2D eigenvalue weighted by Crippen LogP contribution is 2.32. The van der Waals surface area contributed by atoms with Gasteiger partial charge in [0.1, 0.15) is 11.4 Å². The first kappa shape index (κ1) is 18.4. The molecule has 0 aliphatic rings. The van der Waals surface area contributed by atoms with E-state index in [0.717, 1.165) is 32.4 Å². The Balaban J connectivity index is 0.00000196. The highest BCUT2D eigenvalue weighted by Gasteiger charge is 2.15. The second-order valence-electron chi connectivity index (χ2n) is 5.83. The van der Waals surface area contributed by atoms with Gasteiger partial charge in [-0.25, -0.2) is 4.98 Å². The Morgan fingerprint density at radius 2 is 2.04 bits per heavy atom. The lowest BCUT2D eigenvalue weighted by atomic mass is 10.2. The number of pyridine rings is 1. The van der Waals surface area contributed by atoms with Gasteiger partial charge in [0, 0.05) is 28.9 Å². The lowest BCUT2D eigenvalue weighted by molar-refractivity contribution is 0.241. The fourth-order valence-corrected chi connectivity index (χ4v) is 3.06. The van der Waals surface area contributed by atoms with Crippen molar-refractivity contribution in [2.75, 3.05) is 0 Å². The van der Waals surface area contributed by atoms with Crippen molar-refractivity contribution in [1.82, 2.24) is 20.1 Å². The van der Waals surface area contributed by atoms with Crippen molar-refractivity contribution in [2.45, 2.75) is 20.0 Å². The third-order valence-electron chi connectivity index (χ3n) is 3.67. The average molecular weight is 436 g/mol. The Labute approximate surface area is 164 Å². The van der Waals surface area contributed by atoms with Crippen molar-refractivity contribution >= 4 is 39.4 Å². The van der Waals surface area contributed by atoms with Gasteiger partial charge in [-0.15, -0.1) is 12.4 Å². The molecule has 0 saturated heterocycles. The first-order chi connectivity index (χ1) is 12.1. The molecule has 0 saturated carbocycles. The number of rotatable bonds is 4. The zero-order valence-electron chi connectivity index (χ0n) is 14.1. The number of hydrogen-bond donors (Lipinski definition) is 1. The number of nitrogens with one attached hydrogen (secondary N) is 1. The highest BCUT2D eigenvalue weighted by molar-refractivity contribution is 9.10. The number of halogens is 2. The summed E-state index contributed by atoms with van der Waals surface area (Å²) in [6, 6.07) is 9.52. The van der Waals surface area contributed by atoms with Gasteiger partial charge in [-0.1, -0.05) is 5.16 Å². The zero-order chi connectivity index (χ0) is 17.4. The van der Waals surface area contributed by atoms with Crippen LogP contribution in [0.5, 0.6) is 5.75 Å². The Morgan fingerprint density at radius 3 is 2.81 bits per heavy atom. The molecule has 134 valence electrons. The molecule has 6 nitrogen and oxygen atoms in total. The van der Waals surface area contributed by atoms with Crippen LogP contribution in [0.2, 0.25) is 0 Å². The molecule has 3 heterocycles. The molecule has 0 aliphatic carbocycles. The van der Waals surface area contributed by atoms with E-state index in [1.807, 2.05) is 50.4 Å². The van der Waals surface area contributed by atoms with Gasteiger partial charge in [-0.3, -0.25) is 0 Å². The number of H-pyrrole nitrogens is 1. The van der Waals surface area contributed by atoms with Crippen LogP contribution in [0.25, 0.3) is 33.9 Å². The number of nitrogens with zero attached hydrogens (tertiary/aromatic N) is 3. The number of aromatic amines is 1. The molecule has 4 aromatic rings. The molecule has 26 heavy (non-hydrogen) atoms. The van der Waals surface area contributed by atoms with Gasteiger partial charge < -0.3 is 14.2 Å². The largest absolute Gasteiger partial charge is 0.490 e. The molecule has 8 heteroatoms. The molecule has 1 aromatic carbocycles. The number of fused-ring (bicyclic) bond motifs is 1. The lowest BCUT2D eigenvalue weighted by Crippen LogP contribution is -2.05. The van der Waals surface area contributed by atoms with Crippen LogP contribution in [0.4, 0.5) is 0 Å². The van der Waals surface area contributed by atoms with E-state index in [-0.39, 0.29) is 18.5 Å². The number of ether oxygens (including phenoxy) is 1. The van der Waals surface area contributed by atoms with Crippen molar-refractivity contribution in [3.05, 3.63) is 47.2 Å². The monoisotopic (exact) mass is 434 g/mol. The molecule has 0 bridgehead atoms. The topological polar surface area (TPSA) is 76.8 Å². The molecule has 0 fully saturated rings. The fourth-order valence-electron chi connectivity index (χ4n) is 2.59. The summed E-state index contributed by atoms with van der Waals surface area (Å²) in [7, 11) is 0. The summed E-state index contributed by atoms with van der Waals surface area (Å²) in [5.41, 5.74) is 2.49.